The van der Waals surface area contributed by atoms with Gasteiger partial charge in [-0.1, -0.05) is 0 Å². The van der Waals surface area contributed by atoms with Crippen LogP contribution in [0.3, 0.4) is 0 Å². The van der Waals surface area contributed by atoms with Gasteiger partial charge in [0.1, 0.15) is 12.1 Å². The summed E-state index contributed by atoms with van der Waals surface area (Å²) in [5.74, 6) is -3.56. The summed E-state index contributed by atoms with van der Waals surface area (Å²) in [5.41, 5.74) is 6.87. The molecular formula is C17H24N8O6. The summed E-state index contributed by atoms with van der Waals surface area (Å²) >= 11 is 0. The summed E-state index contributed by atoms with van der Waals surface area (Å²) in [6.07, 6.45) is 5.84. The summed E-state index contributed by atoms with van der Waals surface area (Å²) in [4.78, 5) is 60.8. The van der Waals surface area contributed by atoms with Crippen LogP contribution in [0.2, 0.25) is 0 Å². The number of nitrogens with zero attached hydrogens (tertiary/aromatic N) is 2. The molecule has 0 spiro atoms. The normalized spacial score (nSPS) is 13.6. The molecule has 0 saturated carbocycles. The van der Waals surface area contributed by atoms with Gasteiger partial charge in [0, 0.05) is 36.6 Å². The van der Waals surface area contributed by atoms with E-state index >= 15 is 0 Å². The van der Waals surface area contributed by atoms with Gasteiger partial charge in [0.05, 0.1) is 31.8 Å². The lowest BCUT2D eigenvalue weighted by Gasteiger charge is -2.20. The number of carbonyl (C=O) groups is 4. The monoisotopic (exact) mass is 436 g/mol. The number of imidazole rings is 2. The standard InChI is InChI=1S/C17H24N8O6/c18-11(1-9-3-19-7-22-9)15(28)21-5-14(27)24-13(6-26)16(29)25-12(17(30)31)2-10-4-20-8-23-10/h3-4,7-8,11-13,26H,1-2,5-6,18H2,(H,19,22)(H,20,23)(H,21,28)(H,24,27)(H,25,29)(H,30,31). The predicted octanol–water partition coefficient (Wildman–Crippen LogP) is -3.59. The molecule has 0 aliphatic heterocycles. The van der Waals surface area contributed by atoms with Crippen molar-refractivity contribution in [1.82, 2.24) is 35.9 Å². The van der Waals surface area contributed by atoms with E-state index in [-0.39, 0.29) is 12.8 Å². The number of hydrogen-bond acceptors (Lipinski definition) is 8. The molecule has 2 aromatic rings. The zero-order valence-electron chi connectivity index (χ0n) is 16.4. The largest absolute Gasteiger partial charge is 0.480 e. The number of aromatic amines is 2. The zero-order valence-corrected chi connectivity index (χ0v) is 16.4. The van der Waals surface area contributed by atoms with E-state index in [1.54, 1.807) is 0 Å². The Balaban J connectivity index is 1.81. The van der Waals surface area contributed by atoms with Crippen molar-refractivity contribution in [1.29, 1.82) is 0 Å². The lowest BCUT2D eigenvalue weighted by molar-refractivity contribution is -0.142. The molecule has 0 aliphatic carbocycles. The van der Waals surface area contributed by atoms with Crippen LogP contribution in [0.1, 0.15) is 11.4 Å². The minimum absolute atomic E-state index is 0.0720. The van der Waals surface area contributed by atoms with Gasteiger partial charge in [-0.15, -0.1) is 0 Å². The van der Waals surface area contributed by atoms with E-state index in [2.05, 4.69) is 35.9 Å². The van der Waals surface area contributed by atoms with E-state index in [0.717, 1.165) is 0 Å². The number of H-pyrrole nitrogens is 2. The van der Waals surface area contributed by atoms with E-state index in [1.165, 1.54) is 25.0 Å². The highest BCUT2D eigenvalue weighted by Crippen LogP contribution is 2.00. The first-order valence-corrected chi connectivity index (χ1v) is 9.21. The maximum Gasteiger partial charge on any atom is 0.326 e. The Morgan fingerprint density at radius 1 is 0.968 bits per heavy atom. The average Bonchev–Trinajstić information content (AvgIpc) is 3.43. The Bertz CT molecular complexity index is 869. The van der Waals surface area contributed by atoms with Gasteiger partial charge in [-0.05, 0) is 0 Å². The molecule has 14 nitrogen and oxygen atoms in total. The smallest absolute Gasteiger partial charge is 0.326 e. The number of carbonyl (C=O) groups excluding carboxylic acids is 3. The quantitative estimate of drug-likeness (QED) is 0.164. The molecule has 3 amide bonds. The molecule has 14 heteroatoms. The van der Waals surface area contributed by atoms with Crippen LogP contribution in [-0.4, -0.2) is 85.1 Å². The Labute approximate surface area is 176 Å². The summed E-state index contributed by atoms with van der Waals surface area (Å²) in [6, 6.07) is -3.64. The molecular weight excluding hydrogens is 412 g/mol. The second-order valence-electron chi connectivity index (χ2n) is 6.59. The van der Waals surface area contributed by atoms with E-state index < -0.39 is 55.0 Å². The number of nitrogens with two attached hydrogens (primary N) is 1. The van der Waals surface area contributed by atoms with Crippen molar-refractivity contribution in [2.24, 2.45) is 5.73 Å². The number of carboxylic acid groups (broad SMARTS) is 1. The Hall–Kier alpha value is -3.78. The molecule has 31 heavy (non-hydrogen) atoms. The van der Waals surface area contributed by atoms with Crippen LogP contribution in [0.25, 0.3) is 0 Å². The van der Waals surface area contributed by atoms with Crippen LogP contribution in [0.15, 0.2) is 25.0 Å². The molecule has 0 aliphatic rings. The Morgan fingerprint density at radius 3 is 2.10 bits per heavy atom. The number of nitrogens with one attached hydrogen (secondary N) is 5. The maximum atomic E-state index is 12.3. The van der Waals surface area contributed by atoms with Gasteiger partial charge in [0.2, 0.25) is 17.7 Å². The summed E-state index contributed by atoms with van der Waals surface area (Å²) < 4.78 is 0. The van der Waals surface area contributed by atoms with Crippen LogP contribution >= 0.6 is 0 Å². The minimum atomic E-state index is -1.41. The second-order valence-corrected chi connectivity index (χ2v) is 6.59. The molecule has 0 radical (unpaired) electrons. The van der Waals surface area contributed by atoms with Crippen LogP contribution < -0.4 is 21.7 Å². The third-order valence-corrected chi connectivity index (χ3v) is 4.18. The summed E-state index contributed by atoms with van der Waals surface area (Å²) in [7, 11) is 0. The molecule has 2 heterocycles. The van der Waals surface area contributed by atoms with Gasteiger partial charge in [0.25, 0.3) is 0 Å². The number of aliphatic hydroxyl groups is 1. The Morgan fingerprint density at radius 2 is 1.58 bits per heavy atom. The topological polar surface area (TPSA) is 228 Å². The lowest BCUT2D eigenvalue weighted by Crippen LogP contribution is -2.55. The molecule has 168 valence electrons. The first kappa shape index (κ1) is 23.5. The fourth-order valence-electron chi connectivity index (χ4n) is 2.55. The molecule has 3 atom stereocenters. The highest BCUT2D eigenvalue weighted by molar-refractivity contribution is 5.92. The second kappa shape index (κ2) is 11.4. The number of rotatable bonds is 12. The van der Waals surface area contributed by atoms with Gasteiger partial charge >= 0.3 is 5.97 Å². The molecule has 2 aromatic heterocycles. The summed E-state index contributed by atoms with van der Waals surface area (Å²) in [5, 5.41) is 25.5. The molecule has 0 aromatic carbocycles. The van der Waals surface area contributed by atoms with Gasteiger partial charge in [-0.2, -0.15) is 0 Å². The van der Waals surface area contributed by atoms with Crippen molar-refractivity contribution >= 4 is 23.7 Å². The maximum absolute atomic E-state index is 12.3. The number of aromatic nitrogens is 4. The number of carboxylic acids is 1. The first-order chi connectivity index (χ1) is 14.8. The van der Waals surface area contributed by atoms with Crippen LogP contribution in [-0.2, 0) is 32.0 Å². The van der Waals surface area contributed by atoms with Crippen molar-refractivity contribution in [3.8, 4) is 0 Å². The molecule has 0 fully saturated rings. The molecule has 2 rings (SSSR count). The van der Waals surface area contributed by atoms with Gasteiger partial charge in [-0.25, -0.2) is 14.8 Å². The fourth-order valence-corrected chi connectivity index (χ4v) is 2.55. The summed E-state index contributed by atoms with van der Waals surface area (Å²) in [6.45, 7) is -1.27. The van der Waals surface area contributed by atoms with Crippen molar-refractivity contribution in [2.45, 2.75) is 31.0 Å². The molecule has 0 bridgehead atoms. The Kier molecular flexibility index (Phi) is 8.65. The molecule has 0 saturated heterocycles. The van der Waals surface area contributed by atoms with E-state index in [1.807, 2.05) is 0 Å². The minimum Gasteiger partial charge on any atom is -0.480 e. The third kappa shape index (κ3) is 7.52. The van der Waals surface area contributed by atoms with E-state index in [9.17, 15) is 29.4 Å². The van der Waals surface area contributed by atoms with Crippen molar-refractivity contribution in [2.75, 3.05) is 13.2 Å². The fraction of sp³-hybridized carbons (Fsp3) is 0.412. The van der Waals surface area contributed by atoms with E-state index in [0.29, 0.717) is 11.4 Å². The molecule has 3 unspecified atom stereocenters. The highest BCUT2D eigenvalue weighted by atomic mass is 16.4. The highest BCUT2D eigenvalue weighted by Gasteiger charge is 2.27. The lowest BCUT2D eigenvalue weighted by atomic mass is 10.1. The number of aliphatic carboxylic acids is 1. The molecule has 9 N–H and O–H groups in total. The van der Waals surface area contributed by atoms with Gasteiger partial charge in [-0.3, -0.25) is 14.4 Å². The zero-order chi connectivity index (χ0) is 22.8. The van der Waals surface area contributed by atoms with Crippen LogP contribution in [0.4, 0.5) is 0 Å². The van der Waals surface area contributed by atoms with Gasteiger partial charge in [0.15, 0.2) is 0 Å². The SMILES string of the molecule is NC(Cc1cnc[nH]1)C(=O)NCC(=O)NC(CO)C(=O)NC(Cc1cnc[nH]1)C(=O)O. The number of amides is 3. The van der Waals surface area contributed by atoms with Crippen molar-refractivity contribution < 1.29 is 29.4 Å². The number of hydrogen-bond donors (Lipinski definition) is 8. The first-order valence-electron chi connectivity index (χ1n) is 9.21. The van der Waals surface area contributed by atoms with Crippen LogP contribution in [0.5, 0.6) is 0 Å². The van der Waals surface area contributed by atoms with Gasteiger partial charge < -0.3 is 41.9 Å². The van der Waals surface area contributed by atoms with Crippen LogP contribution in [0, 0.1) is 0 Å². The third-order valence-electron chi connectivity index (χ3n) is 4.18. The van der Waals surface area contributed by atoms with E-state index in [4.69, 9.17) is 5.73 Å². The predicted molar refractivity (Wildman–Crippen MR) is 104 cm³/mol. The van der Waals surface area contributed by atoms with Crippen molar-refractivity contribution in [3.63, 3.8) is 0 Å². The average molecular weight is 436 g/mol. The van der Waals surface area contributed by atoms with Crippen molar-refractivity contribution in [3.05, 3.63) is 36.4 Å². The number of aliphatic hydroxyl groups excluding tert-OH is 1.